The number of nitrogens with two attached hydrogens (primary N) is 1. The summed E-state index contributed by atoms with van der Waals surface area (Å²) in [7, 11) is 0. The molecule has 1 heterocycles. The lowest BCUT2D eigenvalue weighted by molar-refractivity contribution is 0.573. The number of hydrogen-bond donors (Lipinski definition) is 2. The molecule has 2 aromatic rings. The normalized spacial score (nSPS) is 21.1. The lowest BCUT2D eigenvalue weighted by Crippen LogP contribution is -2.17. The molecule has 3 rings (SSSR count). The van der Waals surface area contributed by atoms with Gasteiger partial charge in [0.25, 0.3) is 0 Å². The standard InChI is InChI=1S/C12H14N2/c13-11-3-1-2-8-9(11)4-5-12-10(8)6-7-14-12/h4-7,11,14H,1-3,13H2/t11-/m0/s1. The molecule has 1 aliphatic carbocycles. The number of rotatable bonds is 0. The average Bonchev–Trinajstić information content (AvgIpc) is 2.66. The van der Waals surface area contributed by atoms with E-state index in [0.29, 0.717) is 0 Å². The highest BCUT2D eigenvalue weighted by molar-refractivity contribution is 5.84. The van der Waals surface area contributed by atoms with Crippen molar-refractivity contribution in [3.63, 3.8) is 0 Å². The van der Waals surface area contributed by atoms with Crippen molar-refractivity contribution in [2.45, 2.75) is 25.3 Å². The van der Waals surface area contributed by atoms with Gasteiger partial charge in [0.05, 0.1) is 0 Å². The van der Waals surface area contributed by atoms with Gasteiger partial charge in [-0.3, -0.25) is 0 Å². The number of fused-ring (bicyclic) bond motifs is 3. The van der Waals surface area contributed by atoms with Crippen LogP contribution in [-0.4, -0.2) is 4.98 Å². The summed E-state index contributed by atoms with van der Waals surface area (Å²) < 4.78 is 0. The Morgan fingerprint density at radius 1 is 1.29 bits per heavy atom. The zero-order valence-corrected chi connectivity index (χ0v) is 8.09. The van der Waals surface area contributed by atoms with Gasteiger partial charge in [-0.1, -0.05) is 6.07 Å². The summed E-state index contributed by atoms with van der Waals surface area (Å²) in [6.07, 6.45) is 5.53. The minimum atomic E-state index is 0.248. The topological polar surface area (TPSA) is 41.8 Å². The fourth-order valence-electron chi connectivity index (χ4n) is 2.49. The van der Waals surface area contributed by atoms with E-state index in [9.17, 15) is 0 Å². The minimum absolute atomic E-state index is 0.248. The summed E-state index contributed by atoms with van der Waals surface area (Å²) in [5, 5.41) is 1.36. The molecule has 72 valence electrons. The Kier molecular flexibility index (Phi) is 1.64. The second-order valence-corrected chi connectivity index (χ2v) is 4.07. The lowest BCUT2D eigenvalue weighted by atomic mass is 9.86. The Morgan fingerprint density at radius 3 is 3.14 bits per heavy atom. The predicted octanol–water partition coefficient (Wildman–Crippen LogP) is 2.50. The Hall–Kier alpha value is -1.28. The molecule has 1 aromatic heterocycles. The number of aryl methyl sites for hydroxylation is 1. The van der Waals surface area contributed by atoms with Crippen molar-refractivity contribution in [3.05, 3.63) is 35.5 Å². The van der Waals surface area contributed by atoms with Crippen LogP contribution in [0.25, 0.3) is 10.9 Å². The monoisotopic (exact) mass is 186 g/mol. The quantitative estimate of drug-likeness (QED) is 0.652. The second-order valence-electron chi connectivity index (χ2n) is 4.07. The van der Waals surface area contributed by atoms with Gasteiger partial charge in [0, 0.05) is 23.1 Å². The Morgan fingerprint density at radius 2 is 2.21 bits per heavy atom. The Labute approximate surface area is 83.1 Å². The van der Waals surface area contributed by atoms with Crippen molar-refractivity contribution >= 4 is 10.9 Å². The fraction of sp³-hybridized carbons (Fsp3) is 0.333. The first kappa shape index (κ1) is 8.06. The van der Waals surface area contributed by atoms with Crippen LogP contribution < -0.4 is 5.73 Å². The number of aromatic nitrogens is 1. The van der Waals surface area contributed by atoms with Gasteiger partial charge in [0.1, 0.15) is 0 Å². The third-order valence-electron chi connectivity index (χ3n) is 3.22. The van der Waals surface area contributed by atoms with Crippen LogP contribution in [0.1, 0.15) is 30.0 Å². The van der Waals surface area contributed by atoms with E-state index in [4.69, 9.17) is 5.73 Å². The van der Waals surface area contributed by atoms with E-state index in [-0.39, 0.29) is 6.04 Å². The van der Waals surface area contributed by atoms with E-state index in [2.05, 4.69) is 23.2 Å². The van der Waals surface area contributed by atoms with Crippen molar-refractivity contribution in [2.24, 2.45) is 5.73 Å². The highest BCUT2D eigenvalue weighted by atomic mass is 14.7. The Balaban J connectivity index is 2.32. The first-order valence-electron chi connectivity index (χ1n) is 5.21. The van der Waals surface area contributed by atoms with Gasteiger partial charge < -0.3 is 10.7 Å². The molecular formula is C12H14N2. The van der Waals surface area contributed by atoms with Gasteiger partial charge in [-0.2, -0.15) is 0 Å². The van der Waals surface area contributed by atoms with Gasteiger partial charge in [0.15, 0.2) is 0 Å². The first-order valence-corrected chi connectivity index (χ1v) is 5.21. The number of nitrogens with one attached hydrogen (secondary N) is 1. The molecule has 1 atom stereocenters. The highest BCUT2D eigenvalue weighted by Gasteiger charge is 2.18. The van der Waals surface area contributed by atoms with Crippen LogP contribution in [0.3, 0.4) is 0 Å². The van der Waals surface area contributed by atoms with Crippen LogP contribution in [0.4, 0.5) is 0 Å². The van der Waals surface area contributed by atoms with Crippen LogP contribution >= 0.6 is 0 Å². The predicted molar refractivity (Wildman–Crippen MR) is 58.2 cm³/mol. The van der Waals surface area contributed by atoms with Gasteiger partial charge in [0.2, 0.25) is 0 Å². The zero-order chi connectivity index (χ0) is 9.54. The molecule has 2 nitrogen and oxygen atoms in total. The molecule has 0 unspecified atom stereocenters. The van der Waals surface area contributed by atoms with Crippen molar-refractivity contribution in [3.8, 4) is 0 Å². The maximum absolute atomic E-state index is 6.10. The van der Waals surface area contributed by atoms with Gasteiger partial charge in [-0.05, 0) is 42.5 Å². The summed E-state index contributed by atoms with van der Waals surface area (Å²) in [6, 6.07) is 6.72. The van der Waals surface area contributed by atoms with Crippen molar-refractivity contribution in [1.82, 2.24) is 4.98 Å². The smallest absolute Gasteiger partial charge is 0.0456 e. The van der Waals surface area contributed by atoms with E-state index in [1.54, 1.807) is 0 Å². The molecule has 0 spiro atoms. The van der Waals surface area contributed by atoms with E-state index < -0.39 is 0 Å². The van der Waals surface area contributed by atoms with Crippen LogP contribution in [0.2, 0.25) is 0 Å². The van der Waals surface area contributed by atoms with Crippen LogP contribution in [-0.2, 0) is 6.42 Å². The number of benzene rings is 1. The molecule has 0 aliphatic heterocycles. The number of hydrogen-bond acceptors (Lipinski definition) is 1. The molecule has 3 N–H and O–H groups in total. The molecule has 0 bridgehead atoms. The summed E-state index contributed by atoms with van der Waals surface area (Å²) in [5.41, 5.74) is 10.1. The Bertz CT molecular complexity index is 470. The molecular weight excluding hydrogens is 172 g/mol. The van der Waals surface area contributed by atoms with Crippen molar-refractivity contribution in [2.75, 3.05) is 0 Å². The summed E-state index contributed by atoms with van der Waals surface area (Å²) in [6.45, 7) is 0. The summed E-state index contributed by atoms with van der Waals surface area (Å²) >= 11 is 0. The fourth-order valence-corrected chi connectivity index (χ4v) is 2.49. The number of aromatic amines is 1. The minimum Gasteiger partial charge on any atom is -0.361 e. The van der Waals surface area contributed by atoms with Crippen LogP contribution in [0.5, 0.6) is 0 Å². The number of H-pyrrole nitrogens is 1. The van der Waals surface area contributed by atoms with Crippen LogP contribution in [0, 0.1) is 0 Å². The molecule has 0 amide bonds. The molecule has 1 aromatic carbocycles. The summed E-state index contributed by atoms with van der Waals surface area (Å²) in [5.74, 6) is 0. The molecule has 0 fully saturated rings. The van der Waals surface area contributed by atoms with E-state index in [1.165, 1.54) is 34.9 Å². The molecule has 0 saturated heterocycles. The third-order valence-corrected chi connectivity index (χ3v) is 3.22. The molecule has 1 aliphatic rings. The van der Waals surface area contributed by atoms with Gasteiger partial charge in [-0.15, -0.1) is 0 Å². The second kappa shape index (κ2) is 2.85. The van der Waals surface area contributed by atoms with E-state index in [1.807, 2.05) is 6.20 Å². The largest absolute Gasteiger partial charge is 0.361 e. The van der Waals surface area contributed by atoms with E-state index >= 15 is 0 Å². The SMILES string of the molecule is N[C@H]1CCCc2c1ccc1[nH]ccc21. The first-order chi connectivity index (χ1) is 6.86. The zero-order valence-electron chi connectivity index (χ0n) is 8.09. The maximum atomic E-state index is 6.10. The third kappa shape index (κ3) is 1.01. The molecule has 14 heavy (non-hydrogen) atoms. The van der Waals surface area contributed by atoms with Crippen molar-refractivity contribution in [1.29, 1.82) is 0 Å². The molecule has 0 radical (unpaired) electrons. The average molecular weight is 186 g/mol. The van der Waals surface area contributed by atoms with E-state index in [0.717, 1.165) is 6.42 Å². The van der Waals surface area contributed by atoms with Crippen molar-refractivity contribution < 1.29 is 0 Å². The maximum Gasteiger partial charge on any atom is 0.0456 e. The summed E-state index contributed by atoms with van der Waals surface area (Å²) in [4.78, 5) is 3.24. The molecule has 2 heteroatoms. The molecule has 0 saturated carbocycles. The van der Waals surface area contributed by atoms with Crippen LogP contribution in [0.15, 0.2) is 24.4 Å². The van der Waals surface area contributed by atoms with Gasteiger partial charge in [-0.25, -0.2) is 0 Å². The van der Waals surface area contributed by atoms with Gasteiger partial charge >= 0.3 is 0 Å². The lowest BCUT2D eigenvalue weighted by Gasteiger charge is -2.22. The highest BCUT2D eigenvalue weighted by Crippen LogP contribution is 2.32.